The van der Waals surface area contributed by atoms with Gasteiger partial charge in [-0.25, -0.2) is 4.39 Å². The van der Waals surface area contributed by atoms with E-state index in [1.165, 1.54) is 18.2 Å². The number of rotatable bonds is 4. The van der Waals surface area contributed by atoms with Crippen molar-refractivity contribution in [3.05, 3.63) is 29.6 Å². The first-order valence-electron chi connectivity index (χ1n) is 6.54. The summed E-state index contributed by atoms with van der Waals surface area (Å²) < 4.78 is 13.8. The van der Waals surface area contributed by atoms with E-state index in [2.05, 4.69) is 12.6 Å². The second-order valence-corrected chi connectivity index (χ2v) is 5.34. The molecule has 0 unspecified atom stereocenters. The minimum Gasteiger partial charge on any atom is -0.395 e. The van der Waals surface area contributed by atoms with Crippen LogP contribution < -0.4 is 0 Å². The van der Waals surface area contributed by atoms with Crippen LogP contribution in [0.5, 0.6) is 0 Å². The number of hydrogen-bond donors (Lipinski definition) is 2. The summed E-state index contributed by atoms with van der Waals surface area (Å²) in [6.07, 6.45) is 4.01. The number of benzene rings is 1. The molecular formula is C14H18FNO2S. The van der Waals surface area contributed by atoms with Crippen LogP contribution in [-0.2, 0) is 0 Å². The van der Waals surface area contributed by atoms with Crippen molar-refractivity contribution >= 4 is 18.5 Å². The Morgan fingerprint density at radius 2 is 2.11 bits per heavy atom. The number of carbonyl (C=O) groups is 1. The van der Waals surface area contributed by atoms with Gasteiger partial charge in [0.2, 0.25) is 0 Å². The van der Waals surface area contributed by atoms with Crippen molar-refractivity contribution in [2.45, 2.75) is 36.6 Å². The van der Waals surface area contributed by atoms with Gasteiger partial charge in [-0.05, 0) is 31.0 Å². The van der Waals surface area contributed by atoms with Crippen LogP contribution in [0.1, 0.15) is 36.0 Å². The van der Waals surface area contributed by atoms with E-state index in [0.29, 0.717) is 4.90 Å². The number of nitrogens with zero attached hydrogens (tertiary/aromatic N) is 1. The molecule has 0 radical (unpaired) electrons. The quantitative estimate of drug-likeness (QED) is 0.834. The number of hydrogen-bond acceptors (Lipinski definition) is 3. The van der Waals surface area contributed by atoms with Gasteiger partial charge in [-0.15, -0.1) is 12.6 Å². The van der Waals surface area contributed by atoms with Crippen LogP contribution >= 0.6 is 12.6 Å². The van der Waals surface area contributed by atoms with E-state index in [9.17, 15) is 9.18 Å². The smallest absolute Gasteiger partial charge is 0.257 e. The van der Waals surface area contributed by atoms with Gasteiger partial charge in [-0.3, -0.25) is 4.79 Å². The molecule has 0 spiro atoms. The van der Waals surface area contributed by atoms with Crippen LogP contribution in [0, 0.1) is 5.82 Å². The third kappa shape index (κ3) is 3.28. The Kier molecular flexibility index (Phi) is 4.82. The third-order valence-electron chi connectivity index (χ3n) is 3.55. The predicted octanol–water partition coefficient (Wildman–Crippen LogP) is 2.49. The van der Waals surface area contributed by atoms with Crippen LogP contribution in [0.15, 0.2) is 23.1 Å². The second kappa shape index (κ2) is 6.39. The summed E-state index contributed by atoms with van der Waals surface area (Å²) in [5.74, 6) is -0.891. The molecule has 104 valence electrons. The summed E-state index contributed by atoms with van der Waals surface area (Å²) in [6, 6.07) is 4.32. The van der Waals surface area contributed by atoms with Gasteiger partial charge in [-0.1, -0.05) is 12.8 Å². The molecule has 2 rings (SSSR count). The van der Waals surface area contributed by atoms with Gasteiger partial charge in [0.1, 0.15) is 5.82 Å². The minimum atomic E-state index is -0.538. The van der Waals surface area contributed by atoms with Crippen molar-refractivity contribution in [2.24, 2.45) is 0 Å². The van der Waals surface area contributed by atoms with Crippen molar-refractivity contribution in [1.82, 2.24) is 4.90 Å². The maximum absolute atomic E-state index is 13.8. The van der Waals surface area contributed by atoms with Gasteiger partial charge in [0.15, 0.2) is 0 Å². The second-order valence-electron chi connectivity index (χ2n) is 4.82. The predicted molar refractivity (Wildman–Crippen MR) is 74.0 cm³/mol. The molecule has 0 aromatic heterocycles. The maximum atomic E-state index is 13.8. The molecule has 5 heteroatoms. The standard InChI is InChI=1S/C14H18FNO2S/c15-13-6-5-11(19)9-12(13)14(18)16(7-8-17)10-3-1-2-4-10/h5-6,9-10,17,19H,1-4,7-8H2. The zero-order chi connectivity index (χ0) is 13.8. The lowest BCUT2D eigenvalue weighted by molar-refractivity contribution is 0.0633. The van der Waals surface area contributed by atoms with E-state index in [0.717, 1.165) is 25.7 Å². The fourth-order valence-corrected chi connectivity index (χ4v) is 2.81. The van der Waals surface area contributed by atoms with Crippen LogP contribution in [-0.4, -0.2) is 35.1 Å². The van der Waals surface area contributed by atoms with Crippen LogP contribution in [0.2, 0.25) is 0 Å². The molecule has 1 fully saturated rings. The molecule has 0 heterocycles. The first-order valence-corrected chi connectivity index (χ1v) is 6.98. The van der Waals surface area contributed by atoms with Crippen molar-refractivity contribution in [2.75, 3.05) is 13.2 Å². The van der Waals surface area contributed by atoms with E-state index in [4.69, 9.17) is 5.11 Å². The third-order valence-corrected chi connectivity index (χ3v) is 3.83. The number of amides is 1. The lowest BCUT2D eigenvalue weighted by Crippen LogP contribution is -2.41. The number of aliphatic hydroxyl groups excluding tert-OH is 1. The Bertz CT molecular complexity index is 461. The highest BCUT2D eigenvalue weighted by Gasteiger charge is 2.28. The highest BCUT2D eigenvalue weighted by Crippen LogP contribution is 2.25. The topological polar surface area (TPSA) is 40.5 Å². The molecule has 1 aromatic rings. The van der Waals surface area contributed by atoms with Crippen molar-refractivity contribution in [3.63, 3.8) is 0 Å². The van der Waals surface area contributed by atoms with E-state index in [-0.39, 0.29) is 30.7 Å². The van der Waals surface area contributed by atoms with Crippen molar-refractivity contribution in [1.29, 1.82) is 0 Å². The lowest BCUT2D eigenvalue weighted by Gasteiger charge is -2.28. The normalized spacial score (nSPS) is 15.7. The maximum Gasteiger partial charge on any atom is 0.257 e. The summed E-state index contributed by atoms with van der Waals surface area (Å²) in [6.45, 7) is 0.143. The Morgan fingerprint density at radius 1 is 1.42 bits per heavy atom. The van der Waals surface area contributed by atoms with Gasteiger partial charge in [0, 0.05) is 17.5 Å². The first-order chi connectivity index (χ1) is 9.13. The Labute approximate surface area is 117 Å². The molecule has 1 aliphatic rings. The van der Waals surface area contributed by atoms with E-state index in [1.807, 2.05) is 0 Å². The van der Waals surface area contributed by atoms with Gasteiger partial charge >= 0.3 is 0 Å². The molecule has 0 aliphatic heterocycles. The fraction of sp³-hybridized carbons (Fsp3) is 0.500. The Balaban J connectivity index is 2.25. The molecule has 3 nitrogen and oxygen atoms in total. The van der Waals surface area contributed by atoms with Crippen LogP contribution in [0.3, 0.4) is 0 Å². The molecule has 1 aromatic carbocycles. The molecule has 0 atom stereocenters. The van der Waals surface area contributed by atoms with Crippen LogP contribution in [0.4, 0.5) is 4.39 Å². The minimum absolute atomic E-state index is 0.0350. The summed E-state index contributed by atoms with van der Waals surface area (Å²) in [7, 11) is 0. The van der Waals surface area contributed by atoms with E-state index < -0.39 is 5.82 Å². The summed E-state index contributed by atoms with van der Waals surface area (Å²) in [4.78, 5) is 14.6. The Morgan fingerprint density at radius 3 is 2.74 bits per heavy atom. The van der Waals surface area contributed by atoms with E-state index >= 15 is 0 Å². The summed E-state index contributed by atoms with van der Waals surface area (Å²) in [5, 5.41) is 9.11. The zero-order valence-electron chi connectivity index (χ0n) is 10.7. The van der Waals surface area contributed by atoms with Gasteiger partial charge in [-0.2, -0.15) is 0 Å². The molecule has 1 amide bonds. The largest absolute Gasteiger partial charge is 0.395 e. The zero-order valence-corrected chi connectivity index (χ0v) is 11.6. The monoisotopic (exact) mass is 283 g/mol. The van der Waals surface area contributed by atoms with Crippen molar-refractivity contribution < 1.29 is 14.3 Å². The average molecular weight is 283 g/mol. The SMILES string of the molecule is O=C(c1cc(S)ccc1F)N(CCO)C1CCCC1. The fourth-order valence-electron chi connectivity index (χ4n) is 2.61. The highest BCUT2D eigenvalue weighted by atomic mass is 32.1. The first kappa shape index (κ1) is 14.3. The van der Waals surface area contributed by atoms with E-state index in [1.54, 1.807) is 4.90 Å². The number of carbonyl (C=O) groups excluding carboxylic acids is 1. The number of thiol groups is 1. The molecule has 0 saturated heterocycles. The number of aliphatic hydroxyl groups is 1. The highest BCUT2D eigenvalue weighted by molar-refractivity contribution is 7.80. The van der Waals surface area contributed by atoms with Gasteiger partial charge < -0.3 is 10.0 Å². The lowest BCUT2D eigenvalue weighted by atomic mass is 10.1. The van der Waals surface area contributed by atoms with Gasteiger partial charge in [0.05, 0.1) is 12.2 Å². The molecule has 19 heavy (non-hydrogen) atoms. The molecule has 1 saturated carbocycles. The molecule has 1 aliphatic carbocycles. The average Bonchev–Trinajstić information content (AvgIpc) is 2.92. The molecule has 0 bridgehead atoms. The summed E-state index contributed by atoms with van der Waals surface area (Å²) >= 11 is 4.14. The summed E-state index contributed by atoms with van der Waals surface area (Å²) in [5.41, 5.74) is 0.0350. The Hall–Kier alpha value is -1.07. The molecule has 1 N–H and O–H groups in total. The number of halogens is 1. The molecular weight excluding hydrogens is 265 g/mol. The van der Waals surface area contributed by atoms with Gasteiger partial charge in [0.25, 0.3) is 5.91 Å². The van der Waals surface area contributed by atoms with Crippen molar-refractivity contribution in [3.8, 4) is 0 Å². The van der Waals surface area contributed by atoms with Crippen LogP contribution in [0.25, 0.3) is 0 Å².